The molecule has 2 aromatic heterocycles. The fraction of sp³-hybridized carbons (Fsp3) is 0. The molecule has 12 rings (SSSR count). The quantitative estimate of drug-likeness (QED) is 0.177. The highest BCUT2D eigenvalue weighted by molar-refractivity contribution is 7.01. The summed E-state index contributed by atoms with van der Waals surface area (Å²) in [5.41, 5.74) is 15.6. The van der Waals surface area contributed by atoms with Gasteiger partial charge in [-0.3, -0.25) is 0 Å². The van der Waals surface area contributed by atoms with Crippen molar-refractivity contribution in [2.24, 2.45) is 0 Å². The van der Waals surface area contributed by atoms with E-state index in [0.29, 0.717) is 0 Å². The van der Waals surface area contributed by atoms with E-state index in [1.54, 1.807) is 0 Å². The second-order valence-electron chi connectivity index (χ2n) is 13.6. The van der Waals surface area contributed by atoms with Crippen molar-refractivity contribution in [3.63, 3.8) is 0 Å². The van der Waals surface area contributed by atoms with E-state index in [-0.39, 0.29) is 6.71 Å². The third-order valence-corrected chi connectivity index (χ3v) is 11.1. The van der Waals surface area contributed by atoms with Crippen LogP contribution in [0.3, 0.4) is 0 Å². The molecule has 0 bridgehead atoms. The highest BCUT2D eigenvalue weighted by Crippen LogP contribution is 2.49. The molecule has 8 aromatic carbocycles. The molecular formula is C46H26BNO2. The van der Waals surface area contributed by atoms with E-state index in [2.05, 4.69) is 157 Å². The number of anilines is 3. The molecule has 0 spiro atoms. The molecule has 0 amide bonds. The Morgan fingerprint density at radius 1 is 0.420 bits per heavy atom. The molecule has 0 atom stereocenters. The predicted molar refractivity (Wildman–Crippen MR) is 209 cm³/mol. The van der Waals surface area contributed by atoms with Gasteiger partial charge in [0.2, 0.25) is 6.71 Å². The molecule has 0 aliphatic carbocycles. The van der Waals surface area contributed by atoms with E-state index in [1.165, 1.54) is 49.4 Å². The summed E-state index contributed by atoms with van der Waals surface area (Å²) in [7, 11) is 0. The van der Waals surface area contributed by atoms with Gasteiger partial charge in [-0.25, -0.2) is 0 Å². The Bertz CT molecular complexity index is 3070. The first-order valence-corrected chi connectivity index (χ1v) is 17.2. The monoisotopic (exact) mass is 635 g/mol. The predicted octanol–water partition coefficient (Wildman–Crippen LogP) is 10.6. The second kappa shape index (κ2) is 9.55. The van der Waals surface area contributed by atoms with Crippen molar-refractivity contribution in [2.45, 2.75) is 0 Å². The Balaban J connectivity index is 1.26. The van der Waals surface area contributed by atoms with Crippen LogP contribution in [0.4, 0.5) is 17.1 Å². The van der Waals surface area contributed by atoms with E-state index in [1.807, 2.05) is 6.07 Å². The third kappa shape index (κ3) is 3.35. The lowest BCUT2D eigenvalue weighted by atomic mass is 9.37. The molecule has 4 heteroatoms. The molecule has 0 radical (unpaired) electrons. The van der Waals surface area contributed by atoms with Gasteiger partial charge in [0.1, 0.15) is 11.2 Å². The van der Waals surface area contributed by atoms with Gasteiger partial charge in [-0.1, -0.05) is 133 Å². The summed E-state index contributed by atoms with van der Waals surface area (Å²) in [5, 5.41) is 6.92. The highest BCUT2D eigenvalue weighted by atomic mass is 16.3. The minimum absolute atomic E-state index is 0.0662. The molecule has 50 heavy (non-hydrogen) atoms. The summed E-state index contributed by atoms with van der Waals surface area (Å²) >= 11 is 0. The van der Waals surface area contributed by atoms with Crippen molar-refractivity contribution < 1.29 is 8.83 Å². The minimum atomic E-state index is 0.0662. The van der Waals surface area contributed by atoms with Crippen LogP contribution in [0.5, 0.6) is 0 Å². The van der Waals surface area contributed by atoms with Gasteiger partial charge in [0.25, 0.3) is 0 Å². The first kappa shape index (κ1) is 26.4. The van der Waals surface area contributed by atoms with E-state index >= 15 is 0 Å². The topological polar surface area (TPSA) is 29.5 Å². The van der Waals surface area contributed by atoms with Crippen LogP contribution in [0.2, 0.25) is 0 Å². The molecule has 2 aliphatic rings. The normalized spacial score (nSPS) is 13.1. The van der Waals surface area contributed by atoms with E-state index in [4.69, 9.17) is 8.83 Å². The highest BCUT2D eigenvalue weighted by Gasteiger charge is 2.44. The van der Waals surface area contributed by atoms with E-state index in [9.17, 15) is 0 Å². The number of fused-ring (bicyclic) bond motifs is 13. The molecule has 0 saturated heterocycles. The number of nitrogens with zero attached hydrogens (tertiary/aromatic N) is 1. The lowest BCUT2D eigenvalue weighted by molar-refractivity contribution is 0.666. The number of rotatable bonds is 2. The number of benzene rings is 8. The number of furan rings is 2. The third-order valence-electron chi connectivity index (χ3n) is 11.1. The van der Waals surface area contributed by atoms with Gasteiger partial charge in [0.15, 0.2) is 11.2 Å². The van der Waals surface area contributed by atoms with Crippen LogP contribution < -0.4 is 21.3 Å². The Hall–Kier alpha value is -6.52. The average molecular weight is 636 g/mol. The van der Waals surface area contributed by atoms with Crippen molar-refractivity contribution >= 4 is 94.8 Å². The molecule has 0 N–H and O–H groups in total. The maximum absolute atomic E-state index is 6.89. The second-order valence-corrected chi connectivity index (χ2v) is 13.6. The molecule has 4 heterocycles. The van der Waals surface area contributed by atoms with Crippen molar-refractivity contribution in [1.29, 1.82) is 0 Å². The largest absolute Gasteiger partial charge is 0.454 e. The van der Waals surface area contributed by atoms with Crippen LogP contribution in [0, 0.1) is 0 Å². The van der Waals surface area contributed by atoms with E-state index < -0.39 is 0 Å². The van der Waals surface area contributed by atoms with Gasteiger partial charge in [0.05, 0.1) is 11.4 Å². The molecule has 2 aliphatic heterocycles. The molecule has 10 aromatic rings. The summed E-state index contributed by atoms with van der Waals surface area (Å²) in [5.74, 6) is 0. The fourth-order valence-electron chi connectivity index (χ4n) is 8.99. The number of hydrogen-bond donors (Lipinski definition) is 0. The zero-order valence-corrected chi connectivity index (χ0v) is 26.9. The molecule has 0 fully saturated rings. The summed E-state index contributed by atoms with van der Waals surface area (Å²) in [6.07, 6.45) is 0. The first-order valence-electron chi connectivity index (χ1n) is 17.2. The smallest absolute Gasteiger partial charge is 0.248 e. The molecule has 3 nitrogen and oxygen atoms in total. The summed E-state index contributed by atoms with van der Waals surface area (Å²) in [6.45, 7) is 0.0662. The van der Waals surface area contributed by atoms with Crippen molar-refractivity contribution in [3.8, 4) is 22.3 Å². The van der Waals surface area contributed by atoms with Gasteiger partial charge < -0.3 is 13.7 Å². The lowest BCUT2D eigenvalue weighted by Gasteiger charge is -2.36. The van der Waals surface area contributed by atoms with Crippen molar-refractivity contribution in [3.05, 3.63) is 158 Å². The first-order chi connectivity index (χ1) is 24.8. The average Bonchev–Trinajstić information content (AvgIpc) is 3.85. The Morgan fingerprint density at radius 3 is 1.92 bits per heavy atom. The van der Waals surface area contributed by atoms with Crippen LogP contribution in [0.1, 0.15) is 0 Å². The summed E-state index contributed by atoms with van der Waals surface area (Å²) < 4.78 is 13.7. The van der Waals surface area contributed by atoms with Crippen molar-refractivity contribution in [1.82, 2.24) is 0 Å². The zero-order valence-electron chi connectivity index (χ0n) is 26.9. The number of hydrogen-bond acceptors (Lipinski definition) is 3. The maximum Gasteiger partial charge on any atom is 0.248 e. The van der Waals surface area contributed by atoms with Crippen LogP contribution >= 0.6 is 0 Å². The van der Waals surface area contributed by atoms with Crippen LogP contribution in [0.25, 0.3) is 76.9 Å². The number of para-hydroxylation sites is 3. The van der Waals surface area contributed by atoms with Crippen molar-refractivity contribution in [2.75, 3.05) is 4.90 Å². The van der Waals surface area contributed by atoms with Gasteiger partial charge in [-0.15, -0.1) is 0 Å². The molecule has 230 valence electrons. The Labute approximate surface area is 287 Å². The van der Waals surface area contributed by atoms with E-state index in [0.717, 1.165) is 60.9 Å². The van der Waals surface area contributed by atoms with Gasteiger partial charge in [0, 0.05) is 27.2 Å². The summed E-state index contributed by atoms with van der Waals surface area (Å²) in [6, 6.07) is 56.9. The minimum Gasteiger partial charge on any atom is -0.454 e. The van der Waals surface area contributed by atoms with Crippen LogP contribution in [-0.2, 0) is 0 Å². The Morgan fingerprint density at radius 2 is 1.06 bits per heavy atom. The zero-order chi connectivity index (χ0) is 32.5. The van der Waals surface area contributed by atoms with Gasteiger partial charge >= 0.3 is 0 Å². The fourth-order valence-corrected chi connectivity index (χ4v) is 8.99. The lowest BCUT2D eigenvalue weighted by Crippen LogP contribution is -2.54. The standard InChI is InChI=1S/C46H26BNO2/c1-2-13-29-27(11-1)12-9-17-30(29)28-25-36-31-14-3-6-19-37(31)47-38-24-23-35-33-16-5-8-22-42(33)50-46(35)44(38)48(40(26-28)43(36)47)39-20-10-18-34-32-15-4-7-21-41(32)49-45(34)39/h1-26H. The SMILES string of the molecule is c1ccc2c(c1)B1c3ccc4c(oc5ccccc54)c3N(c3cccc4c3oc3ccccc34)c3cc(-c4cccc5ccccc45)cc-2c31. The van der Waals surface area contributed by atoms with Gasteiger partial charge in [-0.2, -0.15) is 0 Å². The Kier molecular flexibility index (Phi) is 5.05. The molecule has 0 unspecified atom stereocenters. The van der Waals surface area contributed by atoms with Crippen LogP contribution in [0.15, 0.2) is 167 Å². The maximum atomic E-state index is 6.89. The van der Waals surface area contributed by atoms with Crippen LogP contribution in [-0.4, -0.2) is 6.71 Å². The van der Waals surface area contributed by atoms with Gasteiger partial charge in [-0.05, 0) is 74.3 Å². The molecular weight excluding hydrogens is 609 g/mol. The summed E-state index contributed by atoms with van der Waals surface area (Å²) in [4.78, 5) is 2.45. The molecule has 0 saturated carbocycles.